The van der Waals surface area contributed by atoms with Crippen molar-refractivity contribution in [2.45, 2.75) is 25.4 Å². The van der Waals surface area contributed by atoms with Crippen LogP contribution < -0.4 is 5.32 Å². The van der Waals surface area contributed by atoms with Crippen LogP contribution in [0.25, 0.3) is 0 Å². The molecular weight excluding hydrogens is 443 g/mol. The SMILES string of the molecule is CN1C(=O)C(=O)C(C(=O)NCc2ccc(Cl)cc2Cl)N=C1N1CCCCS1(=O)=O. The summed E-state index contributed by atoms with van der Waals surface area (Å²) < 4.78 is 25.7. The molecule has 1 atom stereocenters. The fourth-order valence-electron chi connectivity index (χ4n) is 3.00. The molecule has 3 rings (SSSR count). The van der Waals surface area contributed by atoms with Gasteiger partial charge in [-0.1, -0.05) is 29.3 Å². The van der Waals surface area contributed by atoms with Gasteiger partial charge >= 0.3 is 0 Å². The Morgan fingerprint density at radius 2 is 2.00 bits per heavy atom. The molecule has 1 N–H and O–H groups in total. The van der Waals surface area contributed by atoms with Crippen molar-refractivity contribution in [3.8, 4) is 0 Å². The largest absolute Gasteiger partial charge is 0.350 e. The fraction of sp³-hybridized carbons (Fsp3) is 0.412. The van der Waals surface area contributed by atoms with E-state index in [9.17, 15) is 22.8 Å². The molecule has 29 heavy (non-hydrogen) atoms. The second-order valence-corrected chi connectivity index (χ2v) is 9.47. The van der Waals surface area contributed by atoms with E-state index in [-0.39, 0.29) is 24.8 Å². The first-order valence-corrected chi connectivity index (χ1v) is 11.1. The summed E-state index contributed by atoms with van der Waals surface area (Å²) in [6, 6.07) is 3.04. The highest BCUT2D eigenvalue weighted by atomic mass is 35.5. The van der Waals surface area contributed by atoms with Crippen molar-refractivity contribution in [3.63, 3.8) is 0 Å². The van der Waals surface area contributed by atoms with Crippen LogP contribution in [0.15, 0.2) is 23.2 Å². The molecule has 0 saturated carbocycles. The number of hydrogen-bond donors (Lipinski definition) is 1. The predicted molar refractivity (Wildman–Crippen MR) is 107 cm³/mol. The standard InChI is InChI=1S/C17H18Cl2N4O5S/c1-22-16(26)14(24)13(21-17(22)23-6-2-3-7-29(23,27)28)15(25)20-9-10-4-5-11(18)8-12(10)19/h4-5,8,13H,2-3,6-7,9H2,1H3,(H,20,25). The van der Waals surface area contributed by atoms with E-state index in [1.165, 1.54) is 13.1 Å². The van der Waals surface area contributed by atoms with Crippen LogP contribution in [0.4, 0.5) is 0 Å². The summed E-state index contributed by atoms with van der Waals surface area (Å²) in [7, 11) is -2.42. The number of carbonyl (C=O) groups is 3. The molecule has 1 aromatic rings. The minimum atomic E-state index is -3.68. The van der Waals surface area contributed by atoms with E-state index >= 15 is 0 Å². The molecule has 0 aliphatic carbocycles. The summed E-state index contributed by atoms with van der Waals surface area (Å²) in [6.45, 7) is 0.108. The molecule has 1 saturated heterocycles. The average Bonchev–Trinajstić information content (AvgIpc) is 2.66. The summed E-state index contributed by atoms with van der Waals surface area (Å²) >= 11 is 11.9. The summed E-state index contributed by atoms with van der Waals surface area (Å²) in [6.07, 6.45) is 1.08. The molecule has 0 aromatic heterocycles. The number of sulfonamides is 1. The van der Waals surface area contributed by atoms with Gasteiger partial charge in [0.2, 0.25) is 16.0 Å². The maximum Gasteiger partial charge on any atom is 0.299 e. The predicted octanol–water partition coefficient (Wildman–Crippen LogP) is 0.801. The maximum atomic E-state index is 12.6. The average molecular weight is 461 g/mol. The molecule has 1 fully saturated rings. The lowest BCUT2D eigenvalue weighted by atomic mass is 10.1. The molecule has 2 heterocycles. The Labute approximate surface area is 177 Å². The van der Waals surface area contributed by atoms with Crippen molar-refractivity contribution in [2.75, 3.05) is 19.3 Å². The number of benzene rings is 1. The number of halogens is 2. The number of rotatable bonds is 3. The lowest BCUT2D eigenvalue weighted by Gasteiger charge is -2.35. The van der Waals surface area contributed by atoms with Crippen molar-refractivity contribution >= 4 is 56.8 Å². The normalized spacial score (nSPS) is 21.8. The van der Waals surface area contributed by atoms with Gasteiger partial charge in [-0.05, 0) is 30.5 Å². The highest BCUT2D eigenvalue weighted by Gasteiger charge is 2.43. The van der Waals surface area contributed by atoms with E-state index in [0.29, 0.717) is 28.5 Å². The minimum absolute atomic E-state index is 0.0183. The van der Waals surface area contributed by atoms with Crippen molar-refractivity contribution in [1.82, 2.24) is 14.5 Å². The van der Waals surface area contributed by atoms with E-state index in [1.54, 1.807) is 12.1 Å². The molecule has 0 radical (unpaired) electrons. The molecule has 2 aliphatic heterocycles. The third-order valence-corrected chi connectivity index (χ3v) is 7.01. The Balaban J connectivity index is 1.84. The van der Waals surface area contributed by atoms with E-state index in [0.717, 1.165) is 9.21 Å². The smallest absolute Gasteiger partial charge is 0.299 e. The zero-order chi connectivity index (χ0) is 21.3. The number of carbonyl (C=O) groups excluding carboxylic acids is 3. The first kappa shape index (κ1) is 21.5. The van der Waals surface area contributed by atoms with Crippen LogP contribution >= 0.6 is 23.2 Å². The van der Waals surface area contributed by atoms with Crippen LogP contribution in [0, 0.1) is 0 Å². The first-order chi connectivity index (χ1) is 13.6. The minimum Gasteiger partial charge on any atom is -0.350 e. The molecule has 0 bridgehead atoms. The number of amides is 2. The van der Waals surface area contributed by atoms with E-state index in [2.05, 4.69) is 10.3 Å². The van der Waals surface area contributed by atoms with Gasteiger partial charge in [0.05, 0.1) is 5.75 Å². The molecule has 1 aromatic carbocycles. The van der Waals surface area contributed by atoms with Crippen molar-refractivity contribution in [3.05, 3.63) is 33.8 Å². The van der Waals surface area contributed by atoms with Gasteiger partial charge < -0.3 is 5.32 Å². The lowest BCUT2D eigenvalue weighted by molar-refractivity contribution is -0.145. The fourth-order valence-corrected chi connectivity index (χ4v) is 5.09. The molecule has 2 amide bonds. The number of nitrogens with one attached hydrogen (secondary N) is 1. The van der Waals surface area contributed by atoms with Crippen LogP contribution in [0.3, 0.4) is 0 Å². The Morgan fingerprint density at radius 3 is 2.66 bits per heavy atom. The van der Waals surface area contributed by atoms with Gasteiger partial charge in [0, 0.05) is 30.2 Å². The van der Waals surface area contributed by atoms with Crippen molar-refractivity contribution < 1.29 is 22.8 Å². The van der Waals surface area contributed by atoms with Crippen LogP contribution in [0.1, 0.15) is 18.4 Å². The Hall–Kier alpha value is -2.17. The highest BCUT2D eigenvalue weighted by Crippen LogP contribution is 2.22. The van der Waals surface area contributed by atoms with Gasteiger partial charge in [0.15, 0.2) is 6.04 Å². The van der Waals surface area contributed by atoms with Crippen LogP contribution in [-0.2, 0) is 31.0 Å². The number of ketones is 1. The zero-order valence-electron chi connectivity index (χ0n) is 15.4. The van der Waals surface area contributed by atoms with Gasteiger partial charge in [-0.2, -0.15) is 0 Å². The quantitative estimate of drug-likeness (QED) is 0.528. The molecule has 12 heteroatoms. The first-order valence-electron chi connectivity index (χ1n) is 8.73. The second kappa shape index (κ2) is 8.29. The lowest BCUT2D eigenvalue weighted by Crippen LogP contribution is -2.58. The summed E-state index contributed by atoms with van der Waals surface area (Å²) in [5.74, 6) is -3.17. The second-order valence-electron chi connectivity index (χ2n) is 6.61. The number of Topliss-reactive ketones (excluding diaryl/α,β-unsaturated/α-hetero) is 1. The maximum absolute atomic E-state index is 12.6. The Kier molecular flexibility index (Phi) is 6.16. The third-order valence-electron chi connectivity index (χ3n) is 4.60. The van der Waals surface area contributed by atoms with Gasteiger partial charge in [0.1, 0.15) is 0 Å². The third kappa shape index (κ3) is 4.39. The molecule has 0 spiro atoms. The molecule has 9 nitrogen and oxygen atoms in total. The molecular formula is C17H18Cl2N4O5S. The van der Waals surface area contributed by atoms with E-state index < -0.39 is 33.7 Å². The van der Waals surface area contributed by atoms with E-state index in [4.69, 9.17) is 23.2 Å². The monoisotopic (exact) mass is 460 g/mol. The topological polar surface area (TPSA) is 116 Å². The van der Waals surface area contributed by atoms with Crippen LogP contribution in [-0.4, -0.2) is 66.6 Å². The molecule has 2 aliphatic rings. The summed E-state index contributed by atoms with van der Waals surface area (Å²) in [5.41, 5.74) is 0.555. The van der Waals surface area contributed by atoms with E-state index in [1.807, 2.05) is 0 Å². The van der Waals surface area contributed by atoms with Crippen LogP contribution in [0.2, 0.25) is 10.0 Å². The zero-order valence-corrected chi connectivity index (χ0v) is 17.7. The van der Waals surface area contributed by atoms with Gasteiger partial charge in [-0.3, -0.25) is 19.3 Å². The summed E-state index contributed by atoms with van der Waals surface area (Å²) in [5, 5.41) is 3.26. The Morgan fingerprint density at radius 1 is 1.28 bits per heavy atom. The number of likely N-dealkylation sites (N-methyl/N-ethyl adjacent to an activating group) is 1. The number of hydrogen-bond acceptors (Lipinski definition) is 6. The Bertz CT molecular complexity index is 1010. The summed E-state index contributed by atoms with van der Waals surface area (Å²) in [4.78, 5) is 42.1. The number of nitrogens with zero attached hydrogens (tertiary/aromatic N) is 3. The van der Waals surface area contributed by atoms with Crippen molar-refractivity contribution in [1.29, 1.82) is 0 Å². The molecule has 156 valence electrons. The van der Waals surface area contributed by atoms with Gasteiger partial charge in [0.25, 0.3) is 17.6 Å². The van der Waals surface area contributed by atoms with Crippen LogP contribution in [0.5, 0.6) is 0 Å². The number of aliphatic imine (C=N–C) groups is 1. The van der Waals surface area contributed by atoms with Gasteiger partial charge in [-0.15, -0.1) is 0 Å². The number of guanidine groups is 1. The molecule has 1 unspecified atom stereocenters. The van der Waals surface area contributed by atoms with Crippen molar-refractivity contribution in [2.24, 2.45) is 4.99 Å². The van der Waals surface area contributed by atoms with Gasteiger partial charge in [-0.25, -0.2) is 17.7 Å². The highest BCUT2D eigenvalue weighted by molar-refractivity contribution is 7.89.